The van der Waals surface area contributed by atoms with Crippen LogP contribution in [0.15, 0.2) is 60.7 Å². The van der Waals surface area contributed by atoms with Crippen molar-refractivity contribution < 1.29 is 32.9 Å². The molecule has 6 nitrogen and oxygen atoms in total. The Hall–Kier alpha value is -2.77. The Labute approximate surface area is 162 Å². The molecule has 0 aliphatic carbocycles. The average Bonchev–Trinajstić information content (AvgIpc) is 2.98. The first-order chi connectivity index (χ1) is 13.4. The zero-order valence-electron chi connectivity index (χ0n) is 15.5. The Kier molecular flexibility index (Phi) is 6.06. The number of hydrogen-bond donors (Lipinski definition) is 0. The SMILES string of the molecule is CO[C@@H]1O[C@](C)(COC(=O)c2ccccc2)[C@@H](OC(=O)c2ccccc2)[C@@H]1F. The third-order valence-electron chi connectivity index (χ3n) is 4.51. The summed E-state index contributed by atoms with van der Waals surface area (Å²) in [4.78, 5) is 24.6. The summed E-state index contributed by atoms with van der Waals surface area (Å²) in [5, 5.41) is 0. The van der Waals surface area contributed by atoms with Crippen LogP contribution in [0, 0.1) is 0 Å². The Balaban J connectivity index is 1.74. The molecule has 0 aromatic heterocycles. The second kappa shape index (κ2) is 8.50. The standard InChI is InChI=1S/C21H21FO6/c1-21(13-26-18(23)14-9-5-3-6-10-14)17(16(22)20(25-2)28-21)27-19(24)15-11-7-4-8-12-15/h3-12,16-17,20H,13H2,1-2H3/t16-,17-,20+,21+/m0/s1. The highest BCUT2D eigenvalue weighted by molar-refractivity contribution is 5.90. The molecular weight excluding hydrogens is 367 g/mol. The lowest BCUT2D eigenvalue weighted by molar-refractivity contribution is -0.177. The molecule has 1 aliphatic heterocycles. The number of ether oxygens (including phenoxy) is 4. The van der Waals surface area contributed by atoms with Gasteiger partial charge >= 0.3 is 11.9 Å². The van der Waals surface area contributed by atoms with Crippen LogP contribution in [0.3, 0.4) is 0 Å². The van der Waals surface area contributed by atoms with Gasteiger partial charge in [0, 0.05) is 7.11 Å². The number of hydrogen-bond acceptors (Lipinski definition) is 6. The van der Waals surface area contributed by atoms with Gasteiger partial charge in [0.1, 0.15) is 12.2 Å². The molecule has 0 N–H and O–H groups in total. The van der Waals surface area contributed by atoms with E-state index in [4.69, 9.17) is 18.9 Å². The smallest absolute Gasteiger partial charge is 0.338 e. The van der Waals surface area contributed by atoms with Gasteiger partial charge in [0.2, 0.25) is 0 Å². The Morgan fingerprint density at radius 3 is 2.07 bits per heavy atom. The summed E-state index contributed by atoms with van der Waals surface area (Å²) in [6.07, 6.45) is -4.29. The van der Waals surface area contributed by atoms with Crippen LogP contribution in [0.1, 0.15) is 27.6 Å². The molecule has 0 amide bonds. The number of alkyl halides is 1. The maximum atomic E-state index is 14.8. The largest absolute Gasteiger partial charge is 0.459 e. The number of rotatable bonds is 6. The second-order valence-electron chi connectivity index (χ2n) is 6.61. The van der Waals surface area contributed by atoms with Gasteiger partial charge in [-0.15, -0.1) is 0 Å². The first kappa shape index (κ1) is 20.0. The number of halogens is 1. The Morgan fingerprint density at radius 1 is 1.00 bits per heavy atom. The predicted octanol–water partition coefficient (Wildman–Crippen LogP) is 3.17. The Morgan fingerprint density at radius 2 is 1.54 bits per heavy atom. The molecular formula is C21H21FO6. The molecule has 0 unspecified atom stereocenters. The summed E-state index contributed by atoms with van der Waals surface area (Å²) in [6, 6.07) is 16.6. The van der Waals surface area contributed by atoms with Gasteiger partial charge < -0.3 is 18.9 Å². The summed E-state index contributed by atoms with van der Waals surface area (Å²) in [5.41, 5.74) is -0.782. The summed E-state index contributed by atoms with van der Waals surface area (Å²) in [6.45, 7) is 1.20. The van der Waals surface area contributed by atoms with Crippen molar-refractivity contribution in [1.29, 1.82) is 0 Å². The highest BCUT2D eigenvalue weighted by Crippen LogP contribution is 2.36. The quantitative estimate of drug-likeness (QED) is 0.708. The fraction of sp³-hybridized carbons (Fsp3) is 0.333. The monoisotopic (exact) mass is 388 g/mol. The lowest BCUT2D eigenvalue weighted by atomic mass is 9.99. The summed E-state index contributed by atoms with van der Waals surface area (Å²) in [7, 11) is 1.29. The highest BCUT2D eigenvalue weighted by atomic mass is 19.1. The number of esters is 2. The minimum Gasteiger partial charge on any atom is -0.459 e. The molecule has 0 spiro atoms. The van der Waals surface area contributed by atoms with Crippen molar-refractivity contribution in [3.63, 3.8) is 0 Å². The van der Waals surface area contributed by atoms with E-state index in [2.05, 4.69) is 0 Å². The maximum Gasteiger partial charge on any atom is 0.338 e. The van der Waals surface area contributed by atoms with Crippen molar-refractivity contribution in [1.82, 2.24) is 0 Å². The van der Waals surface area contributed by atoms with Crippen LogP contribution in [-0.4, -0.2) is 49.8 Å². The molecule has 1 fully saturated rings. The first-order valence-corrected chi connectivity index (χ1v) is 8.77. The summed E-state index contributed by atoms with van der Waals surface area (Å²) in [5.74, 6) is -1.29. The number of carbonyl (C=O) groups excluding carboxylic acids is 2. The van der Waals surface area contributed by atoms with Gasteiger partial charge in [0.25, 0.3) is 0 Å². The van der Waals surface area contributed by atoms with E-state index in [1.165, 1.54) is 14.0 Å². The van der Waals surface area contributed by atoms with Crippen LogP contribution in [-0.2, 0) is 18.9 Å². The molecule has 1 saturated heterocycles. The van der Waals surface area contributed by atoms with E-state index in [1.54, 1.807) is 60.7 Å². The van der Waals surface area contributed by atoms with Crippen molar-refractivity contribution in [3.05, 3.63) is 71.8 Å². The molecule has 2 aromatic rings. The second-order valence-corrected chi connectivity index (χ2v) is 6.61. The number of methoxy groups -OCH3 is 1. The first-order valence-electron chi connectivity index (χ1n) is 8.77. The van der Waals surface area contributed by atoms with Gasteiger partial charge in [-0.25, -0.2) is 14.0 Å². The average molecular weight is 388 g/mol. The van der Waals surface area contributed by atoms with E-state index in [-0.39, 0.29) is 12.2 Å². The van der Waals surface area contributed by atoms with Crippen LogP contribution in [0.4, 0.5) is 4.39 Å². The number of benzene rings is 2. The van der Waals surface area contributed by atoms with Crippen molar-refractivity contribution in [2.24, 2.45) is 0 Å². The number of carbonyl (C=O) groups is 2. The van der Waals surface area contributed by atoms with E-state index in [1.807, 2.05) is 0 Å². The van der Waals surface area contributed by atoms with Gasteiger partial charge in [-0.1, -0.05) is 36.4 Å². The molecule has 7 heteroatoms. The third kappa shape index (κ3) is 4.21. The predicted molar refractivity (Wildman–Crippen MR) is 97.6 cm³/mol. The molecule has 148 valence electrons. The molecule has 0 bridgehead atoms. The summed E-state index contributed by atoms with van der Waals surface area (Å²) >= 11 is 0. The van der Waals surface area contributed by atoms with Crippen LogP contribution in [0.5, 0.6) is 0 Å². The van der Waals surface area contributed by atoms with E-state index < -0.39 is 36.1 Å². The lowest BCUT2D eigenvalue weighted by Gasteiger charge is -2.29. The van der Waals surface area contributed by atoms with Gasteiger partial charge in [-0.05, 0) is 31.2 Å². The van der Waals surface area contributed by atoms with Crippen LogP contribution in [0.2, 0.25) is 0 Å². The maximum absolute atomic E-state index is 14.8. The molecule has 28 heavy (non-hydrogen) atoms. The minimum atomic E-state index is -1.74. The van der Waals surface area contributed by atoms with E-state index >= 15 is 0 Å². The fourth-order valence-corrected chi connectivity index (χ4v) is 2.98. The lowest BCUT2D eigenvalue weighted by Crippen LogP contribution is -2.46. The van der Waals surface area contributed by atoms with E-state index in [0.29, 0.717) is 5.56 Å². The van der Waals surface area contributed by atoms with Gasteiger partial charge in [0.05, 0.1) is 11.1 Å². The van der Waals surface area contributed by atoms with Crippen molar-refractivity contribution in [3.8, 4) is 0 Å². The van der Waals surface area contributed by atoms with Crippen molar-refractivity contribution in [2.75, 3.05) is 13.7 Å². The van der Waals surface area contributed by atoms with Gasteiger partial charge in [0.15, 0.2) is 18.6 Å². The highest BCUT2D eigenvalue weighted by Gasteiger charge is 2.56. The van der Waals surface area contributed by atoms with Crippen molar-refractivity contribution in [2.45, 2.75) is 31.1 Å². The van der Waals surface area contributed by atoms with Gasteiger partial charge in [-0.2, -0.15) is 0 Å². The normalized spacial score (nSPS) is 26.6. The van der Waals surface area contributed by atoms with E-state index in [9.17, 15) is 14.0 Å². The van der Waals surface area contributed by atoms with Crippen molar-refractivity contribution >= 4 is 11.9 Å². The third-order valence-corrected chi connectivity index (χ3v) is 4.51. The van der Waals surface area contributed by atoms with E-state index in [0.717, 1.165) is 0 Å². The molecule has 4 atom stereocenters. The molecule has 3 rings (SSSR count). The zero-order chi connectivity index (χ0) is 20.1. The summed E-state index contributed by atoms with van der Waals surface area (Å²) < 4.78 is 36.1. The molecule has 1 heterocycles. The van der Waals surface area contributed by atoms with Gasteiger partial charge in [-0.3, -0.25) is 0 Å². The zero-order valence-corrected chi connectivity index (χ0v) is 15.5. The topological polar surface area (TPSA) is 71.1 Å². The van der Waals surface area contributed by atoms with Crippen LogP contribution >= 0.6 is 0 Å². The Bertz CT molecular complexity index is 812. The fourth-order valence-electron chi connectivity index (χ4n) is 2.98. The molecule has 0 radical (unpaired) electrons. The van der Waals surface area contributed by atoms with Crippen LogP contribution in [0.25, 0.3) is 0 Å². The van der Waals surface area contributed by atoms with Crippen LogP contribution < -0.4 is 0 Å². The minimum absolute atomic E-state index is 0.277. The molecule has 1 aliphatic rings. The molecule has 2 aromatic carbocycles. The molecule has 0 saturated carbocycles.